The van der Waals surface area contributed by atoms with Gasteiger partial charge in [0.2, 0.25) is 5.78 Å². The highest BCUT2D eigenvalue weighted by Gasteiger charge is 2.15. The van der Waals surface area contributed by atoms with E-state index in [1.807, 2.05) is 49.4 Å². The van der Waals surface area contributed by atoms with Crippen molar-refractivity contribution in [3.63, 3.8) is 0 Å². The fraction of sp³-hybridized carbons (Fsp3) is 0.167. The molecule has 0 saturated carbocycles. The molecular weight excluding hydrogens is 402 g/mol. The Labute approximate surface area is 180 Å². The zero-order valence-electron chi connectivity index (χ0n) is 16.7. The van der Waals surface area contributed by atoms with Crippen LogP contribution in [0, 0.1) is 6.92 Å². The van der Waals surface area contributed by atoms with E-state index in [2.05, 4.69) is 0 Å². The lowest BCUT2D eigenvalue weighted by molar-refractivity contribution is -0.144. The van der Waals surface area contributed by atoms with Gasteiger partial charge in [-0.1, -0.05) is 65.7 Å². The standard InChI is InChI=1S/C24H22ClNO4/c1-16-8-10-19(11-9-16)23(27)22-14-20(25)15-26(22)12-4-6-18-5-3-7-21(13-18)30-17(2)24(28)29/h3-11,13-15,17H,12H2,1-2H3,(H,28,29)/b6-4+/t17-/m0/s1. The number of aliphatic carboxylic acids is 1. The molecule has 1 N–H and O–H groups in total. The number of carbonyl (C=O) groups is 2. The van der Waals surface area contributed by atoms with Crippen molar-refractivity contribution in [1.82, 2.24) is 4.57 Å². The van der Waals surface area contributed by atoms with E-state index in [9.17, 15) is 9.59 Å². The Morgan fingerprint density at radius 3 is 2.60 bits per heavy atom. The number of aromatic nitrogens is 1. The topological polar surface area (TPSA) is 68.5 Å². The van der Waals surface area contributed by atoms with Gasteiger partial charge in [-0.05, 0) is 37.6 Å². The largest absolute Gasteiger partial charge is 0.479 e. The smallest absolute Gasteiger partial charge is 0.344 e. The van der Waals surface area contributed by atoms with Crippen LogP contribution in [0.15, 0.2) is 66.9 Å². The zero-order chi connectivity index (χ0) is 21.7. The van der Waals surface area contributed by atoms with E-state index in [1.165, 1.54) is 6.92 Å². The van der Waals surface area contributed by atoms with Crippen LogP contribution in [0.2, 0.25) is 5.02 Å². The third-order valence-corrected chi connectivity index (χ3v) is 4.75. The lowest BCUT2D eigenvalue weighted by Crippen LogP contribution is -2.22. The quantitative estimate of drug-likeness (QED) is 0.502. The highest BCUT2D eigenvalue weighted by atomic mass is 35.5. The highest BCUT2D eigenvalue weighted by molar-refractivity contribution is 6.31. The predicted octanol–water partition coefficient (Wildman–Crippen LogP) is 5.25. The van der Waals surface area contributed by atoms with Gasteiger partial charge in [-0.2, -0.15) is 0 Å². The molecule has 30 heavy (non-hydrogen) atoms. The summed E-state index contributed by atoms with van der Waals surface area (Å²) in [5.41, 5.74) is 3.07. The summed E-state index contributed by atoms with van der Waals surface area (Å²) < 4.78 is 7.19. The maximum atomic E-state index is 12.9. The second-order valence-electron chi connectivity index (χ2n) is 6.96. The van der Waals surface area contributed by atoms with Gasteiger partial charge in [0.15, 0.2) is 6.10 Å². The van der Waals surface area contributed by atoms with Gasteiger partial charge in [0.25, 0.3) is 0 Å². The molecule has 0 amide bonds. The average Bonchev–Trinajstić information content (AvgIpc) is 3.08. The predicted molar refractivity (Wildman–Crippen MR) is 117 cm³/mol. The molecule has 0 unspecified atom stereocenters. The number of hydrogen-bond acceptors (Lipinski definition) is 3. The van der Waals surface area contributed by atoms with Gasteiger partial charge >= 0.3 is 5.97 Å². The fourth-order valence-electron chi connectivity index (χ4n) is 2.92. The monoisotopic (exact) mass is 423 g/mol. The second-order valence-corrected chi connectivity index (χ2v) is 7.40. The molecule has 6 heteroatoms. The minimum absolute atomic E-state index is 0.0895. The van der Waals surface area contributed by atoms with Crippen molar-refractivity contribution in [3.8, 4) is 5.75 Å². The number of carbonyl (C=O) groups excluding carboxylic acids is 1. The maximum absolute atomic E-state index is 12.9. The Bertz CT molecular complexity index is 1080. The van der Waals surface area contributed by atoms with Crippen LogP contribution in [0.1, 0.15) is 34.1 Å². The first-order chi connectivity index (χ1) is 14.3. The minimum atomic E-state index is -1.02. The molecule has 2 aromatic carbocycles. The summed E-state index contributed by atoms with van der Waals surface area (Å²) in [6.45, 7) is 3.91. The molecule has 1 heterocycles. The van der Waals surface area contributed by atoms with E-state index in [0.29, 0.717) is 28.6 Å². The molecule has 0 aliphatic heterocycles. The van der Waals surface area contributed by atoms with Crippen molar-refractivity contribution >= 4 is 29.4 Å². The zero-order valence-corrected chi connectivity index (χ0v) is 17.5. The summed E-state index contributed by atoms with van der Waals surface area (Å²) in [6.07, 6.45) is 4.58. The molecule has 0 spiro atoms. The molecule has 0 radical (unpaired) electrons. The maximum Gasteiger partial charge on any atom is 0.344 e. The number of allylic oxidation sites excluding steroid dienone is 1. The number of benzene rings is 2. The number of nitrogens with zero attached hydrogens (tertiary/aromatic N) is 1. The summed E-state index contributed by atoms with van der Waals surface area (Å²) in [5, 5.41) is 9.47. The van der Waals surface area contributed by atoms with Crippen LogP contribution >= 0.6 is 11.6 Å². The molecule has 5 nitrogen and oxygen atoms in total. The van der Waals surface area contributed by atoms with Gasteiger partial charge in [0.1, 0.15) is 5.75 Å². The third-order valence-electron chi connectivity index (χ3n) is 4.54. The Kier molecular flexibility index (Phi) is 6.75. The molecular formula is C24H22ClNO4. The van der Waals surface area contributed by atoms with E-state index < -0.39 is 12.1 Å². The van der Waals surface area contributed by atoms with Crippen molar-refractivity contribution in [2.24, 2.45) is 0 Å². The number of hydrogen-bond donors (Lipinski definition) is 1. The van der Waals surface area contributed by atoms with Gasteiger partial charge < -0.3 is 14.4 Å². The van der Waals surface area contributed by atoms with Crippen molar-refractivity contribution in [3.05, 3.63) is 94.3 Å². The van der Waals surface area contributed by atoms with E-state index >= 15 is 0 Å². The molecule has 0 aliphatic carbocycles. The molecule has 1 aromatic heterocycles. The lowest BCUT2D eigenvalue weighted by atomic mass is 10.1. The highest BCUT2D eigenvalue weighted by Crippen LogP contribution is 2.20. The number of carboxylic acid groups (broad SMARTS) is 1. The first-order valence-corrected chi connectivity index (χ1v) is 9.84. The van der Waals surface area contributed by atoms with Gasteiger partial charge in [0, 0.05) is 18.3 Å². The molecule has 3 aromatic rings. The van der Waals surface area contributed by atoms with Gasteiger partial charge in [0.05, 0.1) is 10.7 Å². The molecule has 1 atom stereocenters. The van der Waals surface area contributed by atoms with Gasteiger partial charge in [-0.15, -0.1) is 0 Å². The Morgan fingerprint density at radius 1 is 1.17 bits per heavy atom. The molecule has 0 fully saturated rings. The molecule has 0 saturated heterocycles. The average molecular weight is 424 g/mol. The SMILES string of the molecule is Cc1ccc(C(=O)c2cc(Cl)cn2C/C=C/c2cccc(O[C@@H](C)C(=O)O)c2)cc1. The third kappa shape index (κ3) is 5.39. The number of ether oxygens (including phenoxy) is 1. The van der Waals surface area contributed by atoms with Gasteiger partial charge in [-0.25, -0.2) is 4.79 Å². The number of ketones is 1. The number of halogens is 1. The van der Waals surface area contributed by atoms with Crippen molar-refractivity contribution < 1.29 is 19.4 Å². The summed E-state index contributed by atoms with van der Waals surface area (Å²) >= 11 is 6.15. The number of rotatable bonds is 8. The van der Waals surface area contributed by atoms with Crippen LogP contribution in [0.25, 0.3) is 6.08 Å². The number of aryl methyl sites for hydroxylation is 1. The fourth-order valence-corrected chi connectivity index (χ4v) is 3.14. The van der Waals surface area contributed by atoms with Crippen LogP contribution in [0.3, 0.4) is 0 Å². The van der Waals surface area contributed by atoms with E-state index in [4.69, 9.17) is 21.4 Å². The summed E-state index contributed by atoms with van der Waals surface area (Å²) in [5.74, 6) is -0.633. The molecule has 0 aliphatic rings. The van der Waals surface area contributed by atoms with E-state index in [0.717, 1.165) is 11.1 Å². The summed E-state index contributed by atoms with van der Waals surface area (Å²) in [6, 6.07) is 16.2. The van der Waals surface area contributed by atoms with Crippen LogP contribution in [-0.2, 0) is 11.3 Å². The normalized spacial score (nSPS) is 12.1. The van der Waals surface area contributed by atoms with E-state index in [1.54, 1.807) is 35.0 Å². The Hall–Kier alpha value is -3.31. The first kappa shape index (κ1) is 21.4. The summed E-state index contributed by atoms with van der Waals surface area (Å²) in [7, 11) is 0. The van der Waals surface area contributed by atoms with Crippen LogP contribution in [-0.4, -0.2) is 27.5 Å². The van der Waals surface area contributed by atoms with Crippen LogP contribution in [0.4, 0.5) is 0 Å². The van der Waals surface area contributed by atoms with Crippen molar-refractivity contribution in [1.29, 1.82) is 0 Å². The van der Waals surface area contributed by atoms with Crippen LogP contribution < -0.4 is 4.74 Å². The Morgan fingerprint density at radius 2 is 1.90 bits per heavy atom. The second kappa shape index (κ2) is 9.46. The van der Waals surface area contributed by atoms with Crippen LogP contribution in [0.5, 0.6) is 5.75 Å². The first-order valence-electron chi connectivity index (χ1n) is 9.46. The molecule has 3 rings (SSSR count). The number of carboxylic acids is 1. The van der Waals surface area contributed by atoms with Crippen molar-refractivity contribution in [2.75, 3.05) is 0 Å². The minimum Gasteiger partial charge on any atom is -0.479 e. The Balaban J connectivity index is 1.73. The molecule has 0 bridgehead atoms. The molecule has 154 valence electrons. The van der Waals surface area contributed by atoms with E-state index in [-0.39, 0.29) is 5.78 Å². The summed E-state index contributed by atoms with van der Waals surface area (Å²) in [4.78, 5) is 23.8. The van der Waals surface area contributed by atoms with Crippen molar-refractivity contribution in [2.45, 2.75) is 26.5 Å². The lowest BCUT2D eigenvalue weighted by Gasteiger charge is -2.10. The van der Waals surface area contributed by atoms with Gasteiger partial charge in [-0.3, -0.25) is 4.79 Å².